The Morgan fingerprint density at radius 3 is 2.41 bits per heavy atom. The molecule has 2 aromatic carbocycles. The number of nitrogens with one attached hydrogen (secondary N) is 2. The van der Waals surface area contributed by atoms with Crippen molar-refractivity contribution in [3.63, 3.8) is 0 Å². The molecule has 0 fully saturated rings. The zero-order valence-electron chi connectivity index (χ0n) is 15.3. The zero-order valence-corrected chi connectivity index (χ0v) is 17.0. The van der Waals surface area contributed by atoms with Crippen LogP contribution in [0.5, 0.6) is 0 Å². The third kappa shape index (κ3) is 3.73. The van der Waals surface area contributed by atoms with Crippen molar-refractivity contribution >= 4 is 45.0 Å². The molecular weight excluding hydrogens is 414 g/mol. The van der Waals surface area contributed by atoms with Crippen LogP contribution in [0.25, 0.3) is 0 Å². The minimum absolute atomic E-state index is 0.0132. The average Bonchev–Trinajstić information content (AvgIpc) is 3.18. The number of fused-ring (bicyclic) bond motifs is 2. The second-order valence-electron chi connectivity index (χ2n) is 6.70. The van der Waals surface area contributed by atoms with Crippen molar-refractivity contribution in [2.75, 3.05) is 18.1 Å². The Morgan fingerprint density at radius 2 is 1.79 bits per heavy atom. The van der Waals surface area contributed by atoms with Gasteiger partial charge in [0.05, 0.1) is 21.7 Å². The van der Waals surface area contributed by atoms with Gasteiger partial charge in [-0.15, -0.1) is 0 Å². The van der Waals surface area contributed by atoms with Crippen LogP contribution in [0.1, 0.15) is 27.1 Å². The van der Waals surface area contributed by atoms with E-state index in [2.05, 4.69) is 10.6 Å². The Morgan fingerprint density at radius 1 is 1.14 bits per heavy atom. The van der Waals surface area contributed by atoms with Crippen LogP contribution in [0.4, 0.5) is 5.69 Å². The molecule has 10 heteroatoms. The van der Waals surface area contributed by atoms with Crippen LogP contribution in [0, 0.1) is 0 Å². The van der Waals surface area contributed by atoms with Crippen molar-refractivity contribution in [1.29, 1.82) is 0 Å². The van der Waals surface area contributed by atoms with Gasteiger partial charge in [0.25, 0.3) is 11.8 Å². The van der Waals surface area contributed by atoms with Crippen LogP contribution in [-0.4, -0.2) is 49.3 Å². The molecule has 1 atom stereocenters. The van der Waals surface area contributed by atoms with E-state index < -0.39 is 27.1 Å². The van der Waals surface area contributed by atoms with E-state index in [0.29, 0.717) is 11.1 Å². The number of anilines is 1. The Hall–Kier alpha value is -2.85. The summed E-state index contributed by atoms with van der Waals surface area (Å²) < 4.78 is 23.4. The van der Waals surface area contributed by atoms with Gasteiger partial charge < -0.3 is 10.6 Å². The highest BCUT2D eigenvalue weighted by molar-refractivity contribution is 8.00. The lowest BCUT2D eigenvalue weighted by atomic mass is 10.1. The van der Waals surface area contributed by atoms with E-state index in [1.54, 1.807) is 36.4 Å². The van der Waals surface area contributed by atoms with Crippen LogP contribution in [-0.2, 0) is 14.6 Å². The number of imide groups is 1. The number of benzene rings is 2. The van der Waals surface area contributed by atoms with E-state index in [1.165, 1.54) is 17.8 Å². The maximum Gasteiger partial charge on any atom is 0.261 e. The van der Waals surface area contributed by atoms with Crippen molar-refractivity contribution in [1.82, 2.24) is 10.2 Å². The van der Waals surface area contributed by atoms with Gasteiger partial charge in [-0.25, -0.2) is 8.42 Å². The fourth-order valence-electron chi connectivity index (χ4n) is 3.19. The molecule has 0 saturated heterocycles. The fourth-order valence-corrected chi connectivity index (χ4v) is 4.99. The lowest BCUT2D eigenvalue weighted by Crippen LogP contribution is -2.39. The molecule has 0 bridgehead atoms. The summed E-state index contributed by atoms with van der Waals surface area (Å²) in [7, 11) is -3.31. The molecule has 2 aromatic rings. The van der Waals surface area contributed by atoms with Gasteiger partial charge in [0, 0.05) is 24.1 Å². The molecule has 1 unspecified atom stereocenters. The number of thioether (sulfide) groups is 1. The number of hydrogen-bond donors (Lipinski definition) is 2. The van der Waals surface area contributed by atoms with Gasteiger partial charge in [-0.2, -0.15) is 0 Å². The van der Waals surface area contributed by atoms with Gasteiger partial charge in [0.2, 0.25) is 5.91 Å². The summed E-state index contributed by atoms with van der Waals surface area (Å²) in [5.74, 6) is -1.12. The van der Waals surface area contributed by atoms with Crippen LogP contribution in [0.2, 0.25) is 0 Å². The lowest BCUT2D eigenvalue weighted by Gasteiger charge is -2.16. The predicted octanol–water partition coefficient (Wildman–Crippen LogP) is 1.69. The highest BCUT2D eigenvalue weighted by Crippen LogP contribution is 2.38. The van der Waals surface area contributed by atoms with Crippen molar-refractivity contribution in [2.45, 2.75) is 21.7 Å². The van der Waals surface area contributed by atoms with Gasteiger partial charge in [-0.1, -0.05) is 23.9 Å². The molecule has 0 spiro atoms. The number of carbonyl (C=O) groups is 3. The fraction of sp³-hybridized carbons (Fsp3) is 0.211. The minimum atomic E-state index is -3.31. The molecule has 150 valence electrons. The molecule has 29 heavy (non-hydrogen) atoms. The van der Waals surface area contributed by atoms with E-state index in [-0.39, 0.29) is 23.8 Å². The monoisotopic (exact) mass is 431 g/mol. The smallest absolute Gasteiger partial charge is 0.261 e. The summed E-state index contributed by atoms with van der Waals surface area (Å²) in [5.41, 5.74) is 0.966. The molecule has 0 radical (unpaired) electrons. The first kappa shape index (κ1) is 19.5. The molecule has 2 heterocycles. The summed E-state index contributed by atoms with van der Waals surface area (Å²) >= 11 is 1.29. The highest BCUT2D eigenvalue weighted by atomic mass is 32.2. The molecule has 0 saturated carbocycles. The summed E-state index contributed by atoms with van der Waals surface area (Å²) in [6, 6.07) is 11.3. The first-order chi connectivity index (χ1) is 13.7. The third-order valence-corrected chi connectivity index (χ3v) is 6.82. The topological polar surface area (TPSA) is 113 Å². The maximum absolute atomic E-state index is 12.3. The molecule has 2 N–H and O–H groups in total. The Kier molecular flexibility index (Phi) is 4.83. The first-order valence-electron chi connectivity index (χ1n) is 8.76. The van der Waals surface area contributed by atoms with Gasteiger partial charge in [-0.05, 0) is 30.3 Å². The van der Waals surface area contributed by atoms with Gasteiger partial charge >= 0.3 is 0 Å². The normalized spacial score (nSPS) is 17.7. The SMILES string of the molecule is CS(=O)(=O)c1ccc2c(c1)SC(NC(=O)CCN1C(=O)c3ccccc3C1=O)N2. The van der Waals surface area contributed by atoms with Crippen molar-refractivity contribution in [2.24, 2.45) is 0 Å². The second-order valence-corrected chi connectivity index (χ2v) is 9.86. The minimum Gasteiger partial charge on any atom is -0.356 e. The molecule has 2 aliphatic heterocycles. The first-order valence-corrected chi connectivity index (χ1v) is 11.5. The number of nitrogens with zero attached hydrogens (tertiary/aromatic N) is 1. The summed E-state index contributed by atoms with van der Waals surface area (Å²) in [6.07, 6.45) is 1.11. The van der Waals surface area contributed by atoms with E-state index >= 15 is 0 Å². The largest absolute Gasteiger partial charge is 0.356 e. The Labute approximate surface area is 171 Å². The highest BCUT2D eigenvalue weighted by Gasteiger charge is 2.35. The van der Waals surface area contributed by atoms with E-state index in [4.69, 9.17) is 0 Å². The standard InChI is InChI=1S/C19H17N3O5S2/c1-29(26,27)11-6-7-14-15(10-11)28-19(20-14)21-16(23)8-9-22-17(24)12-4-2-3-5-13(12)18(22)25/h2-7,10,19-20H,8-9H2,1H3,(H,21,23). The van der Waals surface area contributed by atoms with E-state index in [1.807, 2.05) is 0 Å². The Balaban J connectivity index is 1.34. The van der Waals surface area contributed by atoms with Crippen molar-refractivity contribution < 1.29 is 22.8 Å². The van der Waals surface area contributed by atoms with Gasteiger partial charge in [0.15, 0.2) is 15.3 Å². The molecule has 3 amide bonds. The quantitative estimate of drug-likeness (QED) is 0.693. The zero-order chi connectivity index (χ0) is 20.8. The van der Waals surface area contributed by atoms with E-state index in [0.717, 1.165) is 21.7 Å². The molecule has 0 aliphatic carbocycles. The van der Waals surface area contributed by atoms with Crippen molar-refractivity contribution in [3.8, 4) is 0 Å². The predicted molar refractivity (Wildman–Crippen MR) is 107 cm³/mol. The van der Waals surface area contributed by atoms with Crippen LogP contribution >= 0.6 is 11.8 Å². The maximum atomic E-state index is 12.3. The van der Waals surface area contributed by atoms with Gasteiger partial charge in [-0.3, -0.25) is 19.3 Å². The van der Waals surface area contributed by atoms with Crippen LogP contribution in [0.3, 0.4) is 0 Å². The van der Waals surface area contributed by atoms with Crippen molar-refractivity contribution in [3.05, 3.63) is 53.6 Å². The van der Waals surface area contributed by atoms with Crippen LogP contribution < -0.4 is 10.6 Å². The summed E-state index contributed by atoms with van der Waals surface area (Å²) in [6.45, 7) is -0.0132. The Bertz CT molecular complexity index is 1110. The molecule has 0 aromatic heterocycles. The summed E-state index contributed by atoms with van der Waals surface area (Å²) in [5, 5.41) is 5.87. The molecule has 4 rings (SSSR count). The number of sulfone groups is 1. The molecule has 8 nitrogen and oxygen atoms in total. The van der Waals surface area contributed by atoms with Crippen LogP contribution in [0.15, 0.2) is 52.3 Å². The molecule has 2 aliphatic rings. The van der Waals surface area contributed by atoms with E-state index in [9.17, 15) is 22.8 Å². The number of rotatable bonds is 5. The summed E-state index contributed by atoms with van der Waals surface area (Å²) in [4.78, 5) is 39.0. The number of carbonyl (C=O) groups excluding carboxylic acids is 3. The number of hydrogen-bond acceptors (Lipinski definition) is 7. The lowest BCUT2D eigenvalue weighted by molar-refractivity contribution is -0.121. The molecular formula is C19H17N3O5S2. The second kappa shape index (κ2) is 7.20. The number of amides is 3. The average molecular weight is 431 g/mol. The third-order valence-electron chi connectivity index (χ3n) is 4.65. The van der Waals surface area contributed by atoms with Gasteiger partial charge in [0.1, 0.15) is 0 Å².